The average Bonchev–Trinajstić information content (AvgIpc) is 3.29. The molecule has 38 heavy (non-hydrogen) atoms. The van der Waals surface area contributed by atoms with E-state index in [0.717, 1.165) is 52.3 Å². The fourth-order valence-corrected chi connectivity index (χ4v) is 4.91. The molecule has 0 aliphatic heterocycles. The molecule has 3 N–H and O–H groups in total. The number of rotatable bonds is 7. The van der Waals surface area contributed by atoms with Crippen molar-refractivity contribution in [3.05, 3.63) is 93.4 Å². The maximum atomic E-state index is 13.2. The Morgan fingerprint density at radius 3 is 2.58 bits per heavy atom. The summed E-state index contributed by atoms with van der Waals surface area (Å²) in [6.07, 6.45) is 3.62. The molecule has 2 aromatic heterocycles. The second kappa shape index (κ2) is 10.4. The van der Waals surface area contributed by atoms with Gasteiger partial charge in [-0.3, -0.25) is 14.6 Å². The van der Waals surface area contributed by atoms with Crippen LogP contribution >= 0.6 is 11.6 Å². The third-order valence-corrected chi connectivity index (χ3v) is 7.04. The number of carbonyl (C=O) groups excluding carboxylic acids is 2. The van der Waals surface area contributed by atoms with Gasteiger partial charge >= 0.3 is 0 Å². The number of halogens is 1. The lowest BCUT2D eigenvalue weighted by Crippen LogP contribution is -2.17. The Morgan fingerprint density at radius 2 is 1.87 bits per heavy atom. The minimum Gasteiger partial charge on any atom is -0.364 e. The Kier molecular flexibility index (Phi) is 7.01. The molecule has 0 saturated heterocycles. The molecule has 2 aromatic carbocycles. The highest BCUT2D eigenvalue weighted by Gasteiger charge is 2.28. The number of carbonyl (C=O) groups is 2. The van der Waals surface area contributed by atoms with Gasteiger partial charge in [-0.25, -0.2) is 4.68 Å². The van der Waals surface area contributed by atoms with Crippen LogP contribution in [0.3, 0.4) is 0 Å². The van der Waals surface area contributed by atoms with Crippen molar-refractivity contribution in [1.29, 1.82) is 0 Å². The van der Waals surface area contributed by atoms with Gasteiger partial charge in [0.25, 0.3) is 11.8 Å². The number of aromatic nitrogens is 3. The van der Waals surface area contributed by atoms with Crippen molar-refractivity contribution in [1.82, 2.24) is 19.7 Å². The van der Waals surface area contributed by atoms with Crippen molar-refractivity contribution in [2.45, 2.75) is 26.2 Å². The number of amides is 2. The number of hydrogen-bond acceptors (Lipinski definition) is 5. The molecule has 0 saturated carbocycles. The number of aryl methyl sites for hydroxylation is 2. The quantitative estimate of drug-likeness (QED) is 0.368. The van der Waals surface area contributed by atoms with Gasteiger partial charge in [0.05, 0.1) is 22.0 Å². The number of primary amides is 1. The number of anilines is 1. The summed E-state index contributed by atoms with van der Waals surface area (Å²) in [7, 11) is 3.98. The van der Waals surface area contributed by atoms with E-state index in [-0.39, 0.29) is 11.6 Å². The van der Waals surface area contributed by atoms with E-state index in [1.54, 1.807) is 10.7 Å². The molecule has 0 atom stereocenters. The first-order chi connectivity index (χ1) is 18.2. The van der Waals surface area contributed by atoms with Crippen molar-refractivity contribution in [3.63, 3.8) is 0 Å². The predicted molar refractivity (Wildman–Crippen MR) is 149 cm³/mol. The zero-order chi connectivity index (χ0) is 27.0. The molecule has 0 radical (unpaired) electrons. The van der Waals surface area contributed by atoms with Gasteiger partial charge in [-0.05, 0) is 69.8 Å². The topological polar surface area (TPSA) is 106 Å². The van der Waals surface area contributed by atoms with Crippen LogP contribution in [0.25, 0.3) is 16.9 Å². The summed E-state index contributed by atoms with van der Waals surface area (Å²) >= 11 is 6.35. The second-order valence-corrected chi connectivity index (χ2v) is 10.2. The number of nitrogens with zero attached hydrogens (tertiary/aromatic N) is 4. The van der Waals surface area contributed by atoms with Crippen LogP contribution in [0.1, 0.15) is 43.2 Å². The lowest BCUT2D eigenvalue weighted by atomic mass is 9.88. The molecule has 4 aromatic rings. The number of pyridine rings is 1. The van der Waals surface area contributed by atoms with Gasteiger partial charge in [0.2, 0.25) is 0 Å². The lowest BCUT2D eigenvalue weighted by Gasteiger charge is -2.20. The SMILES string of the molecule is Cc1ccc(-n2nc(C(N)=O)c3c2-c2cc(NC(=O)c4cc(CCN(C)C)ncc4Cl)ccc2CC3)cc1. The van der Waals surface area contributed by atoms with Gasteiger partial charge in [0.15, 0.2) is 5.69 Å². The van der Waals surface area contributed by atoms with Crippen molar-refractivity contribution in [3.8, 4) is 16.9 Å². The number of benzene rings is 2. The monoisotopic (exact) mass is 528 g/mol. The van der Waals surface area contributed by atoms with E-state index < -0.39 is 5.91 Å². The summed E-state index contributed by atoms with van der Waals surface area (Å²) in [6, 6.07) is 15.5. The standard InChI is InChI=1S/C29H29ClN6O2/c1-17-4-9-21(10-5-17)36-27-22(26(34-36)28(31)37)11-7-18-6-8-20(15-23(18)27)33-29(38)24-14-19(12-13-35(2)3)32-16-25(24)30/h4-6,8-10,14-16H,7,11-13H2,1-3H3,(H2,31,37)(H,33,38). The Balaban J connectivity index is 1.51. The molecule has 0 unspecified atom stereocenters. The highest BCUT2D eigenvalue weighted by Crippen LogP contribution is 2.38. The molecule has 5 rings (SSSR count). The first-order valence-electron chi connectivity index (χ1n) is 12.4. The van der Waals surface area contributed by atoms with Crippen molar-refractivity contribution < 1.29 is 9.59 Å². The third-order valence-electron chi connectivity index (χ3n) is 6.73. The zero-order valence-electron chi connectivity index (χ0n) is 21.6. The first-order valence-corrected chi connectivity index (χ1v) is 12.8. The molecule has 0 spiro atoms. The minimum absolute atomic E-state index is 0.273. The van der Waals surface area contributed by atoms with Crippen LogP contribution in [0.4, 0.5) is 5.69 Å². The fraction of sp³-hybridized carbons (Fsp3) is 0.241. The van der Waals surface area contributed by atoms with Crippen molar-refractivity contribution >= 4 is 29.1 Å². The van der Waals surface area contributed by atoms with Crippen molar-refractivity contribution in [2.75, 3.05) is 26.0 Å². The van der Waals surface area contributed by atoms with Crippen molar-refractivity contribution in [2.24, 2.45) is 5.73 Å². The van der Waals surface area contributed by atoms with Gasteiger partial charge in [0, 0.05) is 41.7 Å². The highest BCUT2D eigenvalue weighted by molar-refractivity contribution is 6.34. The number of nitrogens with one attached hydrogen (secondary N) is 1. The van der Waals surface area contributed by atoms with Crippen LogP contribution in [-0.4, -0.2) is 52.1 Å². The first kappa shape index (κ1) is 25.6. The summed E-state index contributed by atoms with van der Waals surface area (Å²) in [5, 5.41) is 7.88. The van der Waals surface area contributed by atoms with E-state index >= 15 is 0 Å². The van der Waals surface area contributed by atoms with Gasteiger partial charge in [-0.2, -0.15) is 5.10 Å². The molecule has 8 nitrogen and oxygen atoms in total. The van der Waals surface area contributed by atoms with Gasteiger partial charge in [-0.15, -0.1) is 0 Å². The maximum Gasteiger partial charge on any atom is 0.269 e. The molecule has 2 heterocycles. The maximum absolute atomic E-state index is 13.2. The summed E-state index contributed by atoms with van der Waals surface area (Å²) in [4.78, 5) is 31.9. The number of hydrogen-bond donors (Lipinski definition) is 2. The molecule has 1 aliphatic rings. The molecule has 2 amide bonds. The van der Waals surface area contributed by atoms with E-state index in [1.807, 2.05) is 63.5 Å². The smallest absolute Gasteiger partial charge is 0.269 e. The van der Waals surface area contributed by atoms with E-state index in [1.165, 1.54) is 6.20 Å². The van der Waals surface area contributed by atoms with Gasteiger partial charge in [0.1, 0.15) is 0 Å². The van der Waals surface area contributed by atoms with E-state index in [4.69, 9.17) is 17.3 Å². The molecule has 0 bridgehead atoms. The fourth-order valence-electron chi connectivity index (χ4n) is 4.72. The Hall–Kier alpha value is -4.01. The normalized spacial score (nSPS) is 12.2. The molecule has 0 fully saturated rings. The summed E-state index contributed by atoms with van der Waals surface area (Å²) in [5.74, 6) is -0.873. The van der Waals surface area contributed by atoms with Crippen LogP contribution in [0.2, 0.25) is 5.02 Å². The lowest BCUT2D eigenvalue weighted by molar-refractivity contribution is 0.0992. The highest BCUT2D eigenvalue weighted by atomic mass is 35.5. The average molecular weight is 529 g/mol. The minimum atomic E-state index is -0.558. The van der Waals surface area contributed by atoms with Gasteiger partial charge in [-0.1, -0.05) is 35.4 Å². The molecular formula is C29H29ClN6O2. The summed E-state index contributed by atoms with van der Waals surface area (Å²) < 4.78 is 1.77. The molecule has 1 aliphatic carbocycles. The van der Waals surface area contributed by atoms with Crippen LogP contribution in [0, 0.1) is 6.92 Å². The van der Waals surface area contributed by atoms with Crippen LogP contribution in [-0.2, 0) is 19.3 Å². The predicted octanol–water partition coefficient (Wildman–Crippen LogP) is 4.45. The second-order valence-electron chi connectivity index (χ2n) is 9.82. The number of nitrogens with two attached hydrogens (primary N) is 1. The van der Waals surface area contributed by atoms with Crippen LogP contribution in [0.5, 0.6) is 0 Å². The molecular weight excluding hydrogens is 500 g/mol. The molecule has 9 heteroatoms. The van der Waals surface area contributed by atoms with E-state index in [2.05, 4.69) is 20.3 Å². The summed E-state index contributed by atoms with van der Waals surface area (Å²) in [5.41, 5.74) is 13.3. The van der Waals surface area contributed by atoms with E-state index in [0.29, 0.717) is 29.1 Å². The Bertz CT molecular complexity index is 1540. The number of likely N-dealkylation sites (N-methyl/N-ethyl adjacent to an activating group) is 1. The number of fused-ring (bicyclic) bond motifs is 3. The Morgan fingerprint density at radius 1 is 1.11 bits per heavy atom. The summed E-state index contributed by atoms with van der Waals surface area (Å²) in [6.45, 7) is 2.83. The van der Waals surface area contributed by atoms with E-state index in [9.17, 15) is 9.59 Å². The molecule has 194 valence electrons. The van der Waals surface area contributed by atoms with Gasteiger partial charge < -0.3 is 16.0 Å². The van der Waals surface area contributed by atoms with Crippen LogP contribution < -0.4 is 11.1 Å². The van der Waals surface area contributed by atoms with Crippen LogP contribution in [0.15, 0.2) is 54.7 Å². The third kappa shape index (κ3) is 5.05. The zero-order valence-corrected chi connectivity index (χ0v) is 22.3. The largest absolute Gasteiger partial charge is 0.364 e. The Labute approximate surface area is 226 Å².